The molecule has 10 heavy (non-hydrogen) atoms. The van der Waals surface area contributed by atoms with Crippen LogP contribution in [-0.4, -0.2) is 13.3 Å². The number of nitrogens with two attached hydrogens (primary N) is 1. The molecule has 0 saturated heterocycles. The minimum atomic E-state index is 0.320. The first-order valence-electron chi connectivity index (χ1n) is 3.56. The maximum Gasteiger partial charge on any atom is 0.0944 e. The summed E-state index contributed by atoms with van der Waals surface area (Å²) in [6.07, 6.45) is 8.58. The van der Waals surface area contributed by atoms with Crippen molar-refractivity contribution in [2.75, 3.05) is 13.3 Å². The van der Waals surface area contributed by atoms with E-state index in [2.05, 4.69) is 18.2 Å². The molecule has 1 aliphatic carbocycles. The van der Waals surface area contributed by atoms with Crippen molar-refractivity contribution in [1.29, 1.82) is 0 Å². The van der Waals surface area contributed by atoms with Gasteiger partial charge in [-0.25, -0.2) is 0 Å². The van der Waals surface area contributed by atoms with E-state index in [0.717, 1.165) is 12.8 Å². The Morgan fingerprint density at radius 3 is 3.10 bits per heavy atom. The average molecular weight is 139 g/mol. The molecular weight excluding hydrogens is 126 g/mol. The zero-order chi connectivity index (χ0) is 7.23. The summed E-state index contributed by atoms with van der Waals surface area (Å²) in [5.41, 5.74) is 6.52. The Balaban J connectivity index is 2.25. The molecule has 2 heteroatoms. The SMILES string of the molecule is NCOCC1=CC=CCC1. The Kier molecular flexibility index (Phi) is 3.19. The molecule has 0 fully saturated rings. The lowest BCUT2D eigenvalue weighted by Gasteiger charge is -2.07. The number of allylic oxidation sites excluding steroid dienone is 3. The van der Waals surface area contributed by atoms with E-state index in [1.165, 1.54) is 5.57 Å². The van der Waals surface area contributed by atoms with E-state index in [1.807, 2.05) is 0 Å². The predicted octanol–water partition coefficient (Wildman–Crippen LogP) is 1.20. The summed E-state index contributed by atoms with van der Waals surface area (Å²) in [4.78, 5) is 0. The molecule has 0 spiro atoms. The van der Waals surface area contributed by atoms with Gasteiger partial charge in [0.15, 0.2) is 0 Å². The summed E-state index contributed by atoms with van der Waals surface area (Å²) in [6.45, 7) is 1.02. The van der Waals surface area contributed by atoms with Gasteiger partial charge < -0.3 is 10.5 Å². The van der Waals surface area contributed by atoms with Crippen LogP contribution in [0.15, 0.2) is 23.8 Å². The van der Waals surface area contributed by atoms with Crippen molar-refractivity contribution in [3.05, 3.63) is 23.8 Å². The smallest absolute Gasteiger partial charge is 0.0944 e. The molecule has 2 N–H and O–H groups in total. The summed E-state index contributed by atoms with van der Waals surface area (Å²) in [5, 5.41) is 0. The molecule has 0 aromatic carbocycles. The van der Waals surface area contributed by atoms with E-state index in [1.54, 1.807) is 0 Å². The standard InChI is InChI=1S/C8H13NO/c9-7-10-6-8-4-2-1-3-5-8/h1-2,4H,3,5-7,9H2. The molecule has 0 aliphatic heterocycles. The first-order valence-corrected chi connectivity index (χ1v) is 3.56. The second-order valence-corrected chi connectivity index (χ2v) is 2.31. The molecule has 0 heterocycles. The van der Waals surface area contributed by atoms with E-state index >= 15 is 0 Å². The Labute approximate surface area is 61.4 Å². The van der Waals surface area contributed by atoms with E-state index in [4.69, 9.17) is 10.5 Å². The number of hydrogen-bond acceptors (Lipinski definition) is 2. The minimum absolute atomic E-state index is 0.320. The number of rotatable bonds is 3. The van der Waals surface area contributed by atoms with Crippen LogP contribution in [0.2, 0.25) is 0 Å². The molecule has 0 unspecified atom stereocenters. The largest absolute Gasteiger partial charge is 0.362 e. The zero-order valence-corrected chi connectivity index (χ0v) is 6.05. The maximum atomic E-state index is 5.18. The van der Waals surface area contributed by atoms with Gasteiger partial charge in [-0.3, -0.25) is 0 Å². The number of hydrogen-bond donors (Lipinski definition) is 1. The average Bonchev–Trinajstić information content (AvgIpc) is 2.03. The van der Waals surface area contributed by atoms with E-state index in [0.29, 0.717) is 13.3 Å². The Morgan fingerprint density at radius 1 is 1.60 bits per heavy atom. The number of ether oxygens (including phenoxy) is 1. The fourth-order valence-electron chi connectivity index (χ4n) is 0.963. The Morgan fingerprint density at radius 2 is 2.50 bits per heavy atom. The van der Waals surface area contributed by atoms with Crippen LogP contribution in [0.3, 0.4) is 0 Å². The second-order valence-electron chi connectivity index (χ2n) is 2.31. The monoisotopic (exact) mass is 139 g/mol. The van der Waals surface area contributed by atoms with Crippen LogP contribution in [0, 0.1) is 0 Å². The topological polar surface area (TPSA) is 35.2 Å². The van der Waals surface area contributed by atoms with Crippen LogP contribution in [0.1, 0.15) is 12.8 Å². The lowest BCUT2D eigenvalue weighted by atomic mass is 10.1. The van der Waals surface area contributed by atoms with Crippen molar-refractivity contribution in [3.63, 3.8) is 0 Å². The summed E-state index contributed by atoms with van der Waals surface area (Å²) in [5.74, 6) is 0. The van der Waals surface area contributed by atoms with Crippen LogP contribution >= 0.6 is 0 Å². The van der Waals surface area contributed by atoms with Gasteiger partial charge in [0.05, 0.1) is 13.3 Å². The quantitative estimate of drug-likeness (QED) is 0.596. The first-order chi connectivity index (χ1) is 4.93. The third-order valence-electron chi connectivity index (χ3n) is 1.51. The molecule has 0 aromatic heterocycles. The fraction of sp³-hybridized carbons (Fsp3) is 0.500. The van der Waals surface area contributed by atoms with E-state index in [-0.39, 0.29) is 0 Å². The van der Waals surface area contributed by atoms with Crippen molar-refractivity contribution in [1.82, 2.24) is 0 Å². The summed E-state index contributed by atoms with van der Waals surface area (Å²) >= 11 is 0. The minimum Gasteiger partial charge on any atom is -0.362 e. The lowest BCUT2D eigenvalue weighted by Crippen LogP contribution is -2.07. The van der Waals surface area contributed by atoms with Crippen molar-refractivity contribution in [3.8, 4) is 0 Å². The van der Waals surface area contributed by atoms with Gasteiger partial charge in [-0.05, 0) is 18.4 Å². The molecule has 0 saturated carbocycles. The molecule has 2 nitrogen and oxygen atoms in total. The molecule has 0 radical (unpaired) electrons. The zero-order valence-electron chi connectivity index (χ0n) is 6.05. The van der Waals surface area contributed by atoms with Gasteiger partial charge >= 0.3 is 0 Å². The molecule has 0 amide bonds. The molecule has 1 aliphatic rings. The fourth-order valence-corrected chi connectivity index (χ4v) is 0.963. The van der Waals surface area contributed by atoms with Crippen molar-refractivity contribution in [2.45, 2.75) is 12.8 Å². The molecule has 0 bridgehead atoms. The molecule has 0 atom stereocenters. The van der Waals surface area contributed by atoms with Crippen LogP contribution < -0.4 is 5.73 Å². The highest BCUT2D eigenvalue weighted by Gasteiger charge is 1.97. The molecule has 1 rings (SSSR count). The highest BCUT2D eigenvalue weighted by molar-refractivity contribution is 5.17. The third kappa shape index (κ3) is 2.33. The predicted molar refractivity (Wildman–Crippen MR) is 41.5 cm³/mol. The molecule has 0 aromatic rings. The van der Waals surface area contributed by atoms with Gasteiger partial charge in [0.2, 0.25) is 0 Å². The van der Waals surface area contributed by atoms with Crippen molar-refractivity contribution in [2.24, 2.45) is 5.73 Å². The first kappa shape index (κ1) is 7.51. The lowest BCUT2D eigenvalue weighted by molar-refractivity contribution is 0.161. The van der Waals surface area contributed by atoms with Crippen LogP contribution in [0.25, 0.3) is 0 Å². The van der Waals surface area contributed by atoms with E-state index in [9.17, 15) is 0 Å². The van der Waals surface area contributed by atoms with Crippen LogP contribution in [0.4, 0.5) is 0 Å². The summed E-state index contributed by atoms with van der Waals surface area (Å²) < 4.78 is 5.05. The van der Waals surface area contributed by atoms with Crippen LogP contribution in [0.5, 0.6) is 0 Å². The summed E-state index contributed by atoms with van der Waals surface area (Å²) in [7, 11) is 0. The maximum absolute atomic E-state index is 5.18. The van der Waals surface area contributed by atoms with Crippen molar-refractivity contribution >= 4 is 0 Å². The summed E-state index contributed by atoms with van der Waals surface area (Å²) in [6, 6.07) is 0. The highest BCUT2D eigenvalue weighted by atomic mass is 16.5. The second kappa shape index (κ2) is 4.25. The van der Waals surface area contributed by atoms with Gasteiger partial charge in [-0.2, -0.15) is 0 Å². The normalized spacial score (nSPS) is 17.1. The van der Waals surface area contributed by atoms with Crippen LogP contribution in [-0.2, 0) is 4.74 Å². The highest BCUT2D eigenvalue weighted by Crippen LogP contribution is 2.10. The van der Waals surface area contributed by atoms with E-state index < -0.39 is 0 Å². The van der Waals surface area contributed by atoms with Gasteiger partial charge in [-0.1, -0.05) is 18.2 Å². The van der Waals surface area contributed by atoms with Gasteiger partial charge in [0, 0.05) is 0 Å². The third-order valence-corrected chi connectivity index (χ3v) is 1.51. The molecular formula is C8H13NO. The Hall–Kier alpha value is -0.600. The van der Waals surface area contributed by atoms with Crippen molar-refractivity contribution < 1.29 is 4.74 Å². The Bertz CT molecular complexity index is 149. The van der Waals surface area contributed by atoms with Gasteiger partial charge in [0.1, 0.15) is 0 Å². The molecule has 56 valence electrons. The van der Waals surface area contributed by atoms with Gasteiger partial charge in [0.25, 0.3) is 0 Å². The van der Waals surface area contributed by atoms with Gasteiger partial charge in [-0.15, -0.1) is 0 Å².